The molecule has 0 aliphatic carbocycles. The van der Waals surface area contributed by atoms with Crippen LogP contribution in [0.5, 0.6) is 0 Å². The third-order valence-electron chi connectivity index (χ3n) is 1.02. The van der Waals surface area contributed by atoms with Crippen molar-refractivity contribution in [1.82, 2.24) is 0 Å². The van der Waals surface area contributed by atoms with E-state index in [0.717, 1.165) is 0 Å². The van der Waals surface area contributed by atoms with Crippen molar-refractivity contribution in [3.63, 3.8) is 0 Å². The highest BCUT2D eigenvalue weighted by atomic mass is 16.3. The quantitative estimate of drug-likeness (QED) is 0.480. The van der Waals surface area contributed by atoms with Crippen molar-refractivity contribution in [2.45, 2.75) is 25.5 Å². The number of hydrogen-bond donors (Lipinski definition) is 2. The number of aliphatic hydroxyl groups is 1. The first-order valence-corrected chi connectivity index (χ1v) is 2.61. The van der Waals surface area contributed by atoms with Crippen molar-refractivity contribution in [1.29, 1.82) is 0 Å². The molecule has 0 amide bonds. The van der Waals surface area contributed by atoms with Gasteiger partial charge in [-0.15, -0.1) is 0 Å². The van der Waals surface area contributed by atoms with Crippen LogP contribution in [0.4, 0.5) is 0 Å². The second kappa shape index (κ2) is 3.57. The molecule has 0 bridgehead atoms. The van der Waals surface area contributed by atoms with E-state index in [-0.39, 0.29) is 0 Å². The zero-order valence-electron chi connectivity index (χ0n) is 4.87. The van der Waals surface area contributed by atoms with Crippen LogP contribution >= 0.6 is 0 Å². The number of aliphatic hydroxyl groups excluding tert-OH is 1. The molecule has 0 fully saturated rings. The molecule has 0 heterocycles. The Hall–Kier alpha value is -0.410. The smallest absolute Gasteiger partial charge is 0.139 e. The average molecular weight is 117 g/mol. The first kappa shape index (κ1) is 7.59. The zero-order valence-corrected chi connectivity index (χ0v) is 4.87. The van der Waals surface area contributed by atoms with Crippen LogP contribution in [0.25, 0.3) is 0 Å². The van der Waals surface area contributed by atoms with Gasteiger partial charge in [0.15, 0.2) is 0 Å². The van der Waals surface area contributed by atoms with Gasteiger partial charge in [-0.3, -0.25) is 0 Å². The molecule has 0 aliphatic heterocycles. The standard InChI is InChI=1S/C5H11NO2/c1-2-5(8)4(6)3-7/h3-5,8H,2,6H2,1H3/t4-,5+/m1/s1. The second-order valence-corrected chi connectivity index (χ2v) is 1.69. The van der Waals surface area contributed by atoms with E-state index >= 15 is 0 Å². The molecule has 0 saturated heterocycles. The Balaban J connectivity index is 3.44. The van der Waals surface area contributed by atoms with E-state index in [1.54, 1.807) is 6.92 Å². The average Bonchev–Trinajstić information content (AvgIpc) is 1.84. The Kier molecular flexibility index (Phi) is 3.39. The molecule has 0 spiro atoms. The van der Waals surface area contributed by atoms with Gasteiger partial charge in [0.1, 0.15) is 6.29 Å². The highest BCUT2D eigenvalue weighted by molar-refractivity contribution is 5.57. The summed E-state index contributed by atoms with van der Waals surface area (Å²) in [4.78, 5) is 9.82. The second-order valence-electron chi connectivity index (χ2n) is 1.69. The van der Waals surface area contributed by atoms with Crippen LogP contribution in [-0.2, 0) is 4.79 Å². The lowest BCUT2D eigenvalue weighted by Crippen LogP contribution is -2.35. The molecular formula is C5H11NO2. The summed E-state index contributed by atoms with van der Waals surface area (Å²) in [7, 11) is 0. The summed E-state index contributed by atoms with van der Waals surface area (Å²) < 4.78 is 0. The third-order valence-corrected chi connectivity index (χ3v) is 1.02. The van der Waals surface area contributed by atoms with E-state index in [4.69, 9.17) is 10.8 Å². The maximum absolute atomic E-state index is 9.82. The van der Waals surface area contributed by atoms with E-state index in [9.17, 15) is 4.79 Å². The largest absolute Gasteiger partial charge is 0.391 e. The molecule has 8 heavy (non-hydrogen) atoms. The van der Waals surface area contributed by atoms with E-state index in [1.165, 1.54) is 0 Å². The molecule has 0 radical (unpaired) electrons. The highest BCUT2D eigenvalue weighted by Gasteiger charge is 2.09. The van der Waals surface area contributed by atoms with Gasteiger partial charge >= 0.3 is 0 Å². The van der Waals surface area contributed by atoms with Crippen molar-refractivity contribution < 1.29 is 9.90 Å². The molecule has 0 saturated carbocycles. The maximum atomic E-state index is 9.82. The predicted molar refractivity (Wildman–Crippen MR) is 30.3 cm³/mol. The summed E-state index contributed by atoms with van der Waals surface area (Å²) in [6.45, 7) is 1.77. The number of rotatable bonds is 3. The van der Waals surface area contributed by atoms with Gasteiger partial charge in [-0.05, 0) is 6.42 Å². The van der Waals surface area contributed by atoms with Gasteiger partial charge in [0.2, 0.25) is 0 Å². The van der Waals surface area contributed by atoms with E-state index in [2.05, 4.69) is 0 Å². The van der Waals surface area contributed by atoms with Gasteiger partial charge in [0, 0.05) is 0 Å². The normalized spacial score (nSPS) is 17.4. The van der Waals surface area contributed by atoms with Crippen molar-refractivity contribution in [3.8, 4) is 0 Å². The Morgan fingerprint density at radius 3 is 2.50 bits per heavy atom. The number of aldehydes is 1. The van der Waals surface area contributed by atoms with Crippen LogP contribution in [0.1, 0.15) is 13.3 Å². The van der Waals surface area contributed by atoms with Crippen LogP contribution in [0.3, 0.4) is 0 Å². The molecule has 0 aliphatic rings. The Morgan fingerprint density at radius 1 is 1.88 bits per heavy atom. The van der Waals surface area contributed by atoms with Crippen molar-refractivity contribution in [2.24, 2.45) is 5.73 Å². The fourth-order valence-electron chi connectivity index (χ4n) is 0.363. The molecule has 48 valence electrons. The molecule has 0 aromatic carbocycles. The van der Waals surface area contributed by atoms with Crippen LogP contribution in [0, 0.1) is 0 Å². The Labute approximate surface area is 48.5 Å². The molecule has 0 aromatic rings. The summed E-state index contributed by atoms with van der Waals surface area (Å²) >= 11 is 0. The molecular weight excluding hydrogens is 106 g/mol. The topological polar surface area (TPSA) is 63.3 Å². The van der Waals surface area contributed by atoms with Crippen molar-refractivity contribution in [2.75, 3.05) is 0 Å². The van der Waals surface area contributed by atoms with Crippen LogP contribution in [-0.4, -0.2) is 23.5 Å². The minimum absolute atomic E-state index is 0.528. The minimum Gasteiger partial charge on any atom is -0.391 e. The lowest BCUT2D eigenvalue weighted by atomic mass is 10.1. The first-order valence-electron chi connectivity index (χ1n) is 2.61. The van der Waals surface area contributed by atoms with Crippen LogP contribution in [0.15, 0.2) is 0 Å². The molecule has 0 aromatic heterocycles. The fraction of sp³-hybridized carbons (Fsp3) is 0.800. The lowest BCUT2D eigenvalue weighted by Gasteiger charge is -2.08. The first-order chi connectivity index (χ1) is 3.72. The molecule has 3 N–H and O–H groups in total. The Bertz CT molecular complexity index is 74.8. The van der Waals surface area contributed by atoms with Crippen LogP contribution in [0.2, 0.25) is 0 Å². The maximum Gasteiger partial charge on any atom is 0.139 e. The summed E-state index contributed by atoms with van der Waals surface area (Å²) in [5.74, 6) is 0. The highest BCUT2D eigenvalue weighted by Crippen LogP contribution is 1.90. The van der Waals surface area contributed by atoms with E-state index < -0.39 is 12.1 Å². The molecule has 0 rings (SSSR count). The van der Waals surface area contributed by atoms with Crippen molar-refractivity contribution in [3.05, 3.63) is 0 Å². The monoisotopic (exact) mass is 117 g/mol. The molecule has 3 heteroatoms. The third kappa shape index (κ3) is 2.04. The van der Waals surface area contributed by atoms with Gasteiger partial charge in [-0.2, -0.15) is 0 Å². The van der Waals surface area contributed by atoms with Gasteiger partial charge in [-0.25, -0.2) is 0 Å². The van der Waals surface area contributed by atoms with Gasteiger partial charge in [0.25, 0.3) is 0 Å². The zero-order chi connectivity index (χ0) is 6.57. The SMILES string of the molecule is CC[C@H](O)[C@H](N)C=O. The van der Waals surface area contributed by atoms with Crippen LogP contribution < -0.4 is 5.73 Å². The molecule has 0 unspecified atom stereocenters. The molecule has 2 atom stereocenters. The summed E-state index contributed by atoms with van der Waals surface area (Å²) in [6.07, 6.45) is 0.404. The molecule has 3 nitrogen and oxygen atoms in total. The van der Waals surface area contributed by atoms with E-state index in [1.807, 2.05) is 0 Å². The summed E-state index contributed by atoms with van der Waals surface area (Å²) in [5, 5.41) is 8.77. The van der Waals surface area contributed by atoms with Crippen molar-refractivity contribution >= 4 is 6.29 Å². The fourth-order valence-corrected chi connectivity index (χ4v) is 0.363. The summed E-state index contributed by atoms with van der Waals surface area (Å²) in [6, 6.07) is -0.708. The predicted octanol–water partition coefficient (Wildman–Crippen LogP) is -0.717. The van der Waals surface area contributed by atoms with Gasteiger partial charge in [-0.1, -0.05) is 6.92 Å². The number of carbonyl (C=O) groups is 1. The van der Waals surface area contributed by atoms with E-state index in [0.29, 0.717) is 12.7 Å². The number of nitrogens with two attached hydrogens (primary N) is 1. The summed E-state index contributed by atoms with van der Waals surface area (Å²) in [5.41, 5.74) is 5.11. The lowest BCUT2D eigenvalue weighted by molar-refractivity contribution is -0.111. The number of hydrogen-bond acceptors (Lipinski definition) is 3. The number of carbonyl (C=O) groups excluding carboxylic acids is 1. The Morgan fingerprint density at radius 2 is 2.38 bits per heavy atom. The van der Waals surface area contributed by atoms with Gasteiger partial charge in [0.05, 0.1) is 12.1 Å². The minimum atomic E-state index is -0.708. The van der Waals surface area contributed by atoms with Gasteiger partial charge < -0.3 is 15.6 Å².